The zero-order valence-electron chi connectivity index (χ0n) is 12.5. The Morgan fingerprint density at radius 1 is 1.38 bits per heavy atom. The first-order chi connectivity index (χ1) is 10.2. The second-order valence-corrected chi connectivity index (χ2v) is 5.29. The minimum Gasteiger partial charge on any atom is -0.496 e. The largest absolute Gasteiger partial charge is 0.496 e. The molecule has 1 aromatic carbocycles. The summed E-state index contributed by atoms with van der Waals surface area (Å²) in [6, 6.07) is 7.62. The lowest BCUT2D eigenvalue weighted by Crippen LogP contribution is -2.38. The van der Waals surface area contributed by atoms with Gasteiger partial charge in [0.25, 0.3) is 0 Å². The Hall–Kier alpha value is -1.59. The molecule has 0 radical (unpaired) electrons. The van der Waals surface area contributed by atoms with Gasteiger partial charge in [0.05, 0.1) is 26.2 Å². The molecule has 5 heteroatoms. The molecular formula is C16H23NO4. The van der Waals surface area contributed by atoms with Crippen LogP contribution in [-0.2, 0) is 16.0 Å². The summed E-state index contributed by atoms with van der Waals surface area (Å²) in [6.45, 7) is 4.06. The summed E-state index contributed by atoms with van der Waals surface area (Å²) in [5.41, 5.74) is 0.953. The van der Waals surface area contributed by atoms with Crippen molar-refractivity contribution in [3.63, 3.8) is 0 Å². The molecule has 116 valence electrons. The lowest BCUT2D eigenvalue weighted by atomic mass is 9.95. The van der Waals surface area contributed by atoms with E-state index in [4.69, 9.17) is 9.47 Å². The van der Waals surface area contributed by atoms with Crippen LogP contribution in [0.1, 0.15) is 12.0 Å². The molecule has 1 aliphatic rings. The molecule has 1 atom stereocenters. The van der Waals surface area contributed by atoms with E-state index in [0.717, 1.165) is 44.2 Å². The number of para-hydroxylation sites is 1. The Kier molecular flexibility index (Phi) is 6.02. The number of carbonyl (C=O) groups is 1. The van der Waals surface area contributed by atoms with Crippen molar-refractivity contribution in [2.75, 3.05) is 40.0 Å². The predicted molar refractivity (Wildman–Crippen MR) is 79.7 cm³/mol. The number of nitrogens with zero attached hydrogens (tertiary/aromatic N) is 1. The van der Waals surface area contributed by atoms with Gasteiger partial charge < -0.3 is 14.6 Å². The van der Waals surface area contributed by atoms with E-state index in [0.29, 0.717) is 12.8 Å². The van der Waals surface area contributed by atoms with Crippen LogP contribution in [0.4, 0.5) is 0 Å². The van der Waals surface area contributed by atoms with Gasteiger partial charge in [0, 0.05) is 13.1 Å². The van der Waals surface area contributed by atoms with Crippen molar-refractivity contribution < 1.29 is 19.4 Å². The number of methoxy groups -OCH3 is 1. The van der Waals surface area contributed by atoms with Gasteiger partial charge in [-0.3, -0.25) is 9.69 Å². The number of aliphatic carboxylic acids is 1. The summed E-state index contributed by atoms with van der Waals surface area (Å²) in [7, 11) is 1.61. The van der Waals surface area contributed by atoms with Crippen molar-refractivity contribution in [1.82, 2.24) is 4.90 Å². The Balaban J connectivity index is 1.93. The number of hydrogen-bond acceptors (Lipinski definition) is 4. The summed E-state index contributed by atoms with van der Waals surface area (Å²) in [6.07, 6.45) is 1.15. The van der Waals surface area contributed by atoms with Gasteiger partial charge in [-0.15, -0.1) is 0 Å². The molecule has 1 aliphatic heterocycles. The summed E-state index contributed by atoms with van der Waals surface area (Å²) in [5, 5.41) is 9.44. The molecule has 0 bridgehead atoms. The molecule has 1 saturated heterocycles. The average Bonchev–Trinajstić information content (AvgIpc) is 2.52. The van der Waals surface area contributed by atoms with Crippen molar-refractivity contribution >= 4 is 5.97 Å². The third kappa shape index (κ3) is 4.72. The minimum absolute atomic E-state index is 0.385. The highest BCUT2D eigenvalue weighted by atomic mass is 16.5. The molecule has 5 nitrogen and oxygen atoms in total. The summed E-state index contributed by atoms with van der Waals surface area (Å²) < 4.78 is 10.6. The summed E-state index contributed by atoms with van der Waals surface area (Å²) in [5.74, 6) is -0.367. The molecule has 1 N–H and O–H groups in total. The van der Waals surface area contributed by atoms with Gasteiger partial charge in [-0.25, -0.2) is 0 Å². The van der Waals surface area contributed by atoms with E-state index in [2.05, 4.69) is 4.90 Å². The van der Waals surface area contributed by atoms with Gasteiger partial charge >= 0.3 is 5.97 Å². The van der Waals surface area contributed by atoms with E-state index in [-0.39, 0.29) is 5.92 Å². The van der Waals surface area contributed by atoms with Gasteiger partial charge in [0.2, 0.25) is 0 Å². The smallest absolute Gasteiger partial charge is 0.306 e. The van der Waals surface area contributed by atoms with Crippen LogP contribution in [-0.4, -0.2) is 55.9 Å². The Labute approximate surface area is 125 Å². The van der Waals surface area contributed by atoms with Gasteiger partial charge in [-0.1, -0.05) is 18.2 Å². The third-order valence-electron chi connectivity index (χ3n) is 3.91. The molecule has 1 unspecified atom stereocenters. The topological polar surface area (TPSA) is 59.0 Å². The molecule has 21 heavy (non-hydrogen) atoms. The van der Waals surface area contributed by atoms with Crippen molar-refractivity contribution in [2.24, 2.45) is 5.92 Å². The van der Waals surface area contributed by atoms with E-state index >= 15 is 0 Å². The lowest BCUT2D eigenvalue weighted by Gasteiger charge is -2.27. The summed E-state index contributed by atoms with van der Waals surface area (Å²) in [4.78, 5) is 13.8. The van der Waals surface area contributed by atoms with Crippen molar-refractivity contribution in [2.45, 2.75) is 12.8 Å². The first-order valence-electron chi connectivity index (χ1n) is 7.35. The second kappa shape index (κ2) is 8.00. The molecule has 0 saturated carbocycles. The minimum atomic E-state index is -0.742. The van der Waals surface area contributed by atoms with Gasteiger partial charge in [-0.05, 0) is 31.0 Å². The molecule has 2 rings (SSSR count). The van der Waals surface area contributed by atoms with Crippen molar-refractivity contribution in [3.05, 3.63) is 29.8 Å². The zero-order chi connectivity index (χ0) is 15.1. The molecule has 1 aromatic rings. The number of morpholine rings is 1. The van der Waals surface area contributed by atoms with Crippen LogP contribution in [0.2, 0.25) is 0 Å². The third-order valence-corrected chi connectivity index (χ3v) is 3.91. The monoisotopic (exact) mass is 293 g/mol. The number of ether oxygens (including phenoxy) is 2. The molecule has 0 spiro atoms. The van der Waals surface area contributed by atoms with Crippen LogP contribution in [0.25, 0.3) is 0 Å². The highest BCUT2D eigenvalue weighted by Crippen LogP contribution is 2.22. The number of hydrogen-bond donors (Lipinski definition) is 1. The SMILES string of the molecule is COc1ccccc1CC(CCN1CCOCC1)C(=O)O. The van der Waals surface area contributed by atoms with Gasteiger partial charge in [0.1, 0.15) is 5.75 Å². The van der Waals surface area contributed by atoms with E-state index in [1.807, 2.05) is 24.3 Å². The molecule has 0 amide bonds. The molecule has 1 heterocycles. The number of benzene rings is 1. The van der Waals surface area contributed by atoms with Crippen molar-refractivity contribution in [1.29, 1.82) is 0 Å². The van der Waals surface area contributed by atoms with Crippen LogP contribution in [0.5, 0.6) is 5.75 Å². The van der Waals surface area contributed by atoms with E-state index in [9.17, 15) is 9.90 Å². The van der Waals surface area contributed by atoms with E-state index in [1.54, 1.807) is 7.11 Å². The zero-order valence-corrected chi connectivity index (χ0v) is 12.5. The number of carboxylic acids is 1. The van der Waals surface area contributed by atoms with Crippen LogP contribution in [0.3, 0.4) is 0 Å². The van der Waals surface area contributed by atoms with E-state index in [1.165, 1.54) is 0 Å². The fraction of sp³-hybridized carbons (Fsp3) is 0.562. The van der Waals surface area contributed by atoms with Crippen molar-refractivity contribution in [3.8, 4) is 5.75 Å². The van der Waals surface area contributed by atoms with E-state index < -0.39 is 5.97 Å². The molecule has 0 aromatic heterocycles. The average molecular weight is 293 g/mol. The predicted octanol–water partition coefficient (Wildman–Crippen LogP) is 1.66. The number of rotatable bonds is 7. The first-order valence-corrected chi connectivity index (χ1v) is 7.35. The number of carboxylic acid groups (broad SMARTS) is 1. The standard InChI is InChI=1S/C16H23NO4/c1-20-15-5-3-2-4-13(15)12-14(16(18)19)6-7-17-8-10-21-11-9-17/h2-5,14H,6-12H2,1H3,(H,18,19). The molecular weight excluding hydrogens is 270 g/mol. The van der Waals surface area contributed by atoms with Crippen LogP contribution in [0.15, 0.2) is 24.3 Å². The highest BCUT2D eigenvalue weighted by Gasteiger charge is 2.21. The Bertz CT molecular complexity index is 457. The van der Waals surface area contributed by atoms with Crippen LogP contribution in [0, 0.1) is 5.92 Å². The second-order valence-electron chi connectivity index (χ2n) is 5.29. The quantitative estimate of drug-likeness (QED) is 0.828. The van der Waals surface area contributed by atoms with Gasteiger partial charge in [0.15, 0.2) is 0 Å². The maximum absolute atomic E-state index is 11.5. The Morgan fingerprint density at radius 3 is 2.76 bits per heavy atom. The lowest BCUT2D eigenvalue weighted by molar-refractivity contribution is -0.142. The van der Waals surface area contributed by atoms with Crippen LogP contribution >= 0.6 is 0 Å². The normalized spacial score (nSPS) is 17.4. The highest BCUT2D eigenvalue weighted by molar-refractivity contribution is 5.70. The fourth-order valence-electron chi connectivity index (χ4n) is 2.61. The fourth-order valence-corrected chi connectivity index (χ4v) is 2.61. The summed E-state index contributed by atoms with van der Waals surface area (Å²) >= 11 is 0. The first kappa shape index (κ1) is 15.8. The molecule has 1 fully saturated rings. The van der Waals surface area contributed by atoms with Gasteiger partial charge in [-0.2, -0.15) is 0 Å². The maximum Gasteiger partial charge on any atom is 0.306 e. The maximum atomic E-state index is 11.5. The molecule has 0 aliphatic carbocycles. The van der Waals surface area contributed by atoms with Crippen LogP contribution < -0.4 is 4.74 Å². The Morgan fingerprint density at radius 2 is 2.10 bits per heavy atom.